The molecular formula is C12H16FNO2. The van der Waals surface area contributed by atoms with Gasteiger partial charge in [-0.25, -0.2) is 4.39 Å². The lowest BCUT2D eigenvalue weighted by atomic mass is 10.2. The molecule has 0 unspecified atom stereocenters. The van der Waals surface area contributed by atoms with E-state index in [-0.39, 0.29) is 24.4 Å². The van der Waals surface area contributed by atoms with E-state index in [9.17, 15) is 9.18 Å². The van der Waals surface area contributed by atoms with Gasteiger partial charge in [-0.2, -0.15) is 0 Å². The standard InChI is InChI=1S/C12H16FNO2/c1-3-9(2)14-12(15)8-16-11-6-4-10(13)5-7-11/h4-7,9H,3,8H2,1-2H3,(H,14,15)/t9-/m0/s1. The molecule has 0 aliphatic heterocycles. The van der Waals surface area contributed by atoms with E-state index in [4.69, 9.17) is 4.74 Å². The highest BCUT2D eigenvalue weighted by molar-refractivity contribution is 5.77. The van der Waals surface area contributed by atoms with Crippen molar-refractivity contribution in [3.05, 3.63) is 30.1 Å². The fourth-order valence-corrected chi connectivity index (χ4v) is 1.10. The summed E-state index contributed by atoms with van der Waals surface area (Å²) in [6.07, 6.45) is 0.877. The Balaban J connectivity index is 2.34. The number of nitrogens with one attached hydrogen (secondary N) is 1. The van der Waals surface area contributed by atoms with Crippen LogP contribution in [0.4, 0.5) is 4.39 Å². The van der Waals surface area contributed by atoms with Crippen molar-refractivity contribution >= 4 is 5.91 Å². The topological polar surface area (TPSA) is 38.3 Å². The van der Waals surface area contributed by atoms with Crippen LogP contribution in [-0.4, -0.2) is 18.6 Å². The molecule has 3 nitrogen and oxygen atoms in total. The number of ether oxygens (including phenoxy) is 1. The molecule has 88 valence electrons. The minimum Gasteiger partial charge on any atom is -0.484 e. The van der Waals surface area contributed by atoms with Gasteiger partial charge in [0.05, 0.1) is 0 Å². The van der Waals surface area contributed by atoms with Gasteiger partial charge in [0.15, 0.2) is 6.61 Å². The molecule has 0 bridgehead atoms. The summed E-state index contributed by atoms with van der Waals surface area (Å²) < 4.78 is 17.8. The molecule has 0 aliphatic rings. The Hall–Kier alpha value is -1.58. The Labute approximate surface area is 94.6 Å². The highest BCUT2D eigenvalue weighted by Gasteiger charge is 2.05. The van der Waals surface area contributed by atoms with Gasteiger partial charge in [0.2, 0.25) is 0 Å². The molecule has 0 aromatic heterocycles. The van der Waals surface area contributed by atoms with Crippen LogP contribution in [0.15, 0.2) is 24.3 Å². The van der Waals surface area contributed by atoms with Crippen LogP contribution in [0.1, 0.15) is 20.3 Å². The minimum absolute atomic E-state index is 0.0457. The minimum atomic E-state index is -0.323. The number of halogens is 1. The van der Waals surface area contributed by atoms with E-state index in [2.05, 4.69) is 5.32 Å². The zero-order valence-electron chi connectivity index (χ0n) is 9.50. The smallest absolute Gasteiger partial charge is 0.258 e. The summed E-state index contributed by atoms with van der Waals surface area (Å²) in [7, 11) is 0. The van der Waals surface area contributed by atoms with Crippen molar-refractivity contribution in [3.63, 3.8) is 0 Å². The summed E-state index contributed by atoms with van der Waals surface area (Å²) >= 11 is 0. The highest BCUT2D eigenvalue weighted by atomic mass is 19.1. The molecule has 1 aromatic carbocycles. The molecule has 1 N–H and O–H groups in total. The first-order chi connectivity index (χ1) is 7.61. The lowest BCUT2D eigenvalue weighted by Crippen LogP contribution is -2.35. The Morgan fingerprint density at radius 3 is 2.62 bits per heavy atom. The van der Waals surface area contributed by atoms with Gasteiger partial charge >= 0.3 is 0 Å². The second-order valence-corrected chi connectivity index (χ2v) is 3.62. The van der Waals surface area contributed by atoms with E-state index in [1.165, 1.54) is 24.3 Å². The van der Waals surface area contributed by atoms with Crippen molar-refractivity contribution in [3.8, 4) is 5.75 Å². The number of amides is 1. The first-order valence-corrected chi connectivity index (χ1v) is 5.29. The monoisotopic (exact) mass is 225 g/mol. The summed E-state index contributed by atoms with van der Waals surface area (Å²) in [6, 6.07) is 5.71. The first-order valence-electron chi connectivity index (χ1n) is 5.29. The van der Waals surface area contributed by atoms with Crippen molar-refractivity contribution < 1.29 is 13.9 Å². The SMILES string of the molecule is CC[C@H](C)NC(=O)COc1ccc(F)cc1. The van der Waals surface area contributed by atoms with Crippen molar-refractivity contribution in [1.82, 2.24) is 5.32 Å². The average Bonchev–Trinajstić information content (AvgIpc) is 2.28. The maximum Gasteiger partial charge on any atom is 0.258 e. The molecule has 0 spiro atoms. The first kappa shape index (κ1) is 12.5. The fraction of sp³-hybridized carbons (Fsp3) is 0.417. The van der Waals surface area contributed by atoms with E-state index in [0.29, 0.717) is 5.75 Å². The Kier molecular flexibility index (Phi) is 4.76. The van der Waals surface area contributed by atoms with Crippen molar-refractivity contribution in [2.75, 3.05) is 6.61 Å². The summed E-state index contributed by atoms with van der Waals surface area (Å²) in [5, 5.41) is 2.77. The van der Waals surface area contributed by atoms with Crippen LogP contribution >= 0.6 is 0 Å². The summed E-state index contributed by atoms with van der Waals surface area (Å²) in [6.45, 7) is 3.87. The molecule has 1 amide bonds. The van der Waals surface area contributed by atoms with Crippen LogP contribution in [0, 0.1) is 5.82 Å². The molecule has 0 radical (unpaired) electrons. The van der Waals surface area contributed by atoms with Crippen LogP contribution in [0.2, 0.25) is 0 Å². The molecule has 0 saturated carbocycles. The fourth-order valence-electron chi connectivity index (χ4n) is 1.10. The number of rotatable bonds is 5. The summed E-state index contributed by atoms with van der Waals surface area (Å²) in [5.41, 5.74) is 0. The van der Waals surface area contributed by atoms with E-state index in [1.807, 2.05) is 13.8 Å². The van der Waals surface area contributed by atoms with Crippen LogP contribution in [0.25, 0.3) is 0 Å². The Bertz CT molecular complexity index is 337. The number of carbonyl (C=O) groups excluding carboxylic acids is 1. The van der Waals surface area contributed by atoms with E-state index >= 15 is 0 Å². The van der Waals surface area contributed by atoms with Gasteiger partial charge in [-0.15, -0.1) is 0 Å². The maximum absolute atomic E-state index is 12.6. The largest absolute Gasteiger partial charge is 0.484 e. The predicted octanol–water partition coefficient (Wildman–Crippen LogP) is 2.12. The number of carbonyl (C=O) groups is 1. The molecule has 0 saturated heterocycles. The summed E-state index contributed by atoms with van der Waals surface area (Å²) in [4.78, 5) is 11.3. The Morgan fingerprint density at radius 1 is 1.44 bits per heavy atom. The van der Waals surface area contributed by atoms with E-state index < -0.39 is 0 Å². The van der Waals surface area contributed by atoms with Gasteiger partial charge in [0, 0.05) is 6.04 Å². The second-order valence-electron chi connectivity index (χ2n) is 3.62. The van der Waals surface area contributed by atoms with Gasteiger partial charge in [-0.1, -0.05) is 6.92 Å². The summed E-state index contributed by atoms with van der Waals surface area (Å²) in [5.74, 6) is -0.00390. The molecule has 0 fully saturated rings. The molecule has 1 atom stereocenters. The highest BCUT2D eigenvalue weighted by Crippen LogP contribution is 2.10. The molecule has 1 rings (SSSR count). The molecule has 4 heteroatoms. The van der Waals surface area contributed by atoms with E-state index in [1.54, 1.807) is 0 Å². The maximum atomic E-state index is 12.6. The molecule has 0 aliphatic carbocycles. The normalized spacial score (nSPS) is 11.9. The van der Waals surface area contributed by atoms with Gasteiger partial charge < -0.3 is 10.1 Å². The quantitative estimate of drug-likeness (QED) is 0.833. The zero-order chi connectivity index (χ0) is 12.0. The van der Waals surface area contributed by atoms with E-state index in [0.717, 1.165) is 6.42 Å². The van der Waals surface area contributed by atoms with Gasteiger partial charge in [-0.3, -0.25) is 4.79 Å². The lowest BCUT2D eigenvalue weighted by Gasteiger charge is -2.11. The van der Waals surface area contributed by atoms with Gasteiger partial charge in [0.25, 0.3) is 5.91 Å². The average molecular weight is 225 g/mol. The Morgan fingerprint density at radius 2 is 2.06 bits per heavy atom. The number of hydrogen-bond donors (Lipinski definition) is 1. The third kappa shape index (κ3) is 4.29. The van der Waals surface area contributed by atoms with Crippen LogP contribution < -0.4 is 10.1 Å². The lowest BCUT2D eigenvalue weighted by molar-refractivity contribution is -0.123. The third-order valence-electron chi connectivity index (χ3n) is 2.20. The van der Waals surface area contributed by atoms with Crippen molar-refractivity contribution in [2.24, 2.45) is 0 Å². The number of hydrogen-bond acceptors (Lipinski definition) is 2. The third-order valence-corrected chi connectivity index (χ3v) is 2.20. The molecule has 16 heavy (non-hydrogen) atoms. The number of benzene rings is 1. The van der Waals surface area contributed by atoms with Crippen molar-refractivity contribution in [1.29, 1.82) is 0 Å². The van der Waals surface area contributed by atoms with Gasteiger partial charge in [-0.05, 0) is 37.6 Å². The van der Waals surface area contributed by atoms with Gasteiger partial charge in [0.1, 0.15) is 11.6 Å². The molecule has 0 heterocycles. The molecular weight excluding hydrogens is 209 g/mol. The van der Waals surface area contributed by atoms with Crippen LogP contribution in [0.3, 0.4) is 0 Å². The van der Waals surface area contributed by atoms with Crippen LogP contribution in [0.5, 0.6) is 5.75 Å². The second kappa shape index (κ2) is 6.10. The zero-order valence-corrected chi connectivity index (χ0v) is 9.50. The van der Waals surface area contributed by atoms with Crippen molar-refractivity contribution in [2.45, 2.75) is 26.3 Å². The van der Waals surface area contributed by atoms with Crippen LogP contribution in [-0.2, 0) is 4.79 Å². The predicted molar refractivity (Wildman–Crippen MR) is 59.8 cm³/mol. The molecule has 1 aromatic rings.